The first-order valence-corrected chi connectivity index (χ1v) is 6.11. The summed E-state index contributed by atoms with van der Waals surface area (Å²) in [5.41, 5.74) is 0. The zero-order chi connectivity index (χ0) is 9.68. The summed E-state index contributed by atoms with van der Waals surface area (Å²) in [4.78, 5) is 4.37. The molecule has 76 valence electrons. The second-order valence-corrected chi connectivity index (χ2v) is 5.14. The molecule has 0 aromatic carbocycles. The van der Waals surface area contributed by atoms with E-state index in [0.717, 1.165) is 23.4 Å². The molecule has 0 aliphatic carbocycles. The zero-order valence-electron chi connectivity index (χ0n) is 8.84. The van der Waals surface area contributed by atoms with E-state index in [2.05, 4.69) is 31.1 Å². The molecule has 0 saturated heterocycles. The molecule has 13 heavy (non-hydrogen) atoms. The van der Waals surface area contributed by atoms with Gasteiger partial charge in [0.05, 0.1) is 6.54 Å². The van der Waals surface area contributed by atoms with Gasteiger partial charge in [0.25, 0.3) is 0 Å². The smallest absolute Gasteiger partial charge is 0.156 e. The molecule has 0 bridgehead atoms. The molecule has 1 rings (SSSR count). The van der Waals surface area contributed by atoms with Crippen LogP contribution in [0.25, 0.3) is 0 Å². The predicted molar refractivity (Wildman–Crippen MR) is 61.4 cm³/mol. The summed E-state index contributed by atoms with van der Waals surface area (Å²) in [5.74, 6) is 1.96. The Labute approximate surface area is 85.6 Å². The number of nitrogens with zero attached hydrogens (tertiary/aromatic N) is 1. The van der Waals surface area contributed by atoms with Crippen molar-refractivity contribution in [1.29, 1.82) is 0 Å². The highest BCUT2D eigenvalue weighted by molar-refractivity contribution is 8.14. The van der Waals surface area contributed by atoms with Crippen molar-refractivity contribution >= 4 is 16.9 Å². The Balaban J connectivity index is 2.13. The standard InChI is InChI=1S/C10H20N2S/c1-8(2)4-5-9(3)12-10-11-6-7-13-10/h8-9H,4-7H2,1-3H3,(H,11,12). The van der Waals surface area contributed by atoms with Gasteiger partial charge in [0.15, 0.2) is 5.17 Å². The SMILES string of the molecule is CC(C)CCC(C)NC1=NCCS1. The van der Waals surface area contributed by atoms with Crippen LogP contribution in [0.1, 0.15) is 33.6 Å². The number of aliphatic imine (C=N–C) groups is 1. The summed E-state index contributed by atoms with van der Waals surface area (Å²) in [5, 5.41) is 4.60. The maximum Gasteiger partial charge on any atom is 0.156 e. The molecule has 1 heterocycles. The molecule has 3 heteroatoms. The fourth-order valence-electron chi connectivity index (χ4n) is 1.29. The van der Waals surface area contributed by atoms with E-state index < -0.39 is 0 Å². The van der Waals surface area contributed by atoms with Gasteiger partial charge < -0.3 is 5.32 Å². The summed E-state index contributed by atoms with van der Waals surface area (Å²) < 4.78 is 0. The third-order valence-corrected chi connectivity index (χ3v) is 3.04. The van der Waals surface area contributed by atoms with Crippen molar-refractivity contribution in [2.75, 3.05) is 12.3 Å². The van der Waals surface area contributed by atoms with E-state index in [0.29, 0.717) is 6.04 Å². The molecule has 2 nitrogen and oxygen atoms in total. The lowest BCUT2D eigenvalue weighted by molar-refractivity contribution is 0.494. The lowest BCUT2D eigenvalue weighted by Crippen LogP contribution is -2.29. The van der Waals surface area contributed by atoms with E-state index in [4.69, 9.17) is 0 Å². The van der Waals surface area contributed by atoms with Gasteiger partial charge >= 0.3 is 0 Å². The van der Waals surface area contributed by atoms with E-state index in [-0.39, 0.29) is 0 Å². The van der Waals surface area contributed by atoms with Crippen LogP contribution in [0, 0.1) is 5.92 Å². The Kier molecular flexibility index (Phi) is 4.64. The molecular weight excluding hydrogens is 180 g/mol. The van der Waals surface area contributed by atoms with Gasteiger partial charge in [0.2, 0.25) is 0 Å². The van der Waals surface area contributed by atoms with Gasteiger partial charge in [0, 0.05) is 11.8 Å². The first-order valence-electron chi connectivity index (χ1n) is 5.12. The quantitative estimate of drug-likeness (QED) is 0.754. The number of hydrogen-bond donors (Lipinski definition) is 1. The highest BCUT2D eigenvalue weighted by Gasteiger charge is 2.10. The second kappa shape index (κ2) is 5.53. The van der Waals surface area contributed by atoms with Crippen LogP contribution in [0.4, 0.5) is 0 Å². The van der Waals surface area contributed by atoms with Gasteiger partial charge in [-0.2, -0.15) is 0 Å². The minimum atomic E-state index is 0.576. The van der Waals surface area contributed by atoms with E-state index in [1.807, 2.05) is 11.8 Å². The highest BCUT2D eigenvalue weighted by Crippen LogP contribution is 2.12. The van der Waals surface area contributed by atoms with Crippen LogP contribution in [0.5, 0.6) is 0 Å². The van der Waals surface area contributed by atoms with Gasteiger partial charge in [-0.05, 0) is 25.7 Å². The number of nitrogens with one attached hydrogen (secondary N) is 1. The van der Waals surface area contributed by atoms with Gasteiger partial charge in [0.1, 0.15) is 0 Å². The van der Waals surface area contributed by atoms with Crippen molar-refractivity contribution in [3.8, 4) is 0 Å². The molecule has 0 fully saturated rings. The number of amidine groups is 1. The monoisotopic (exact) mass is 200 g/mol. The van der Waals surface area contributed by atoms with Crippen LogP contribution >= 0.6 is 11.8 Å². The molecule has 1 aliphatic rings. The topological polar surface area (TPSA) is 24.4 Å². The molecule has 1 N–H and O–H groups in total. The van der Waals surface area contributed by atoms with Crippen LogP contribution < -0.4 is 5.32 Å². The lowest BCUT2D eigenvalue weighted by atomic mass is 10.0. The summed E-state index contributed by atoms with van der Waals surface area (Å²) in [7, 11) is 0. The molecule has 1 atom stereocenters. The number of hydrogen-bond acceptors (Lipinski definition) is 3. The fraction of sp³-hybridized carbons (Fsp3) is 0.900. The first-order chi connectivity index (χ1) is 6.18. The summed E-state index contributed by atoms with van der Waals surface area (Å²) in [6, 6.07) is 0.576. The van der Waals surface area contributed by atoms with Crippen LogP contribution in [0.15, 0.2) is 4.99 Å². The molecule has 0 aromatic rings. The minimum absolute atomic E-state index is 0.576. The Bertz CT molecular complexity index is 178. The lowest BCUT2D eigenvalue weighted by Gasteiger charge is -2.15. The Hall–Kier alpha value is -0.180. The summed E-state index contributed by atoms with van der Waals surface area (Å²) >= 11 is 1.84. The number of rotatable bonds is 4. The van der Waals surface area contributed by atoms with Crippen molar-refractivity contribution in [2.45, 2.75) is 39.7 Å². The molecule has 0 amide bonds. The molecule has 0 aromatic heterocycles. The van der Waals surface area contributed by atoms with Gasteiger partial charge in [-0.15, -0.1) is 0 Å². The van der Waals surface area contributed by atoms with E-state index in [9.17, 15) is 0 Å². The Morgan fingerprint density at radius 3 is 2.69 bits per heavy atom. The van der Waals surface area contributed by atoms with Gasteiger partial charge in [-0.1, -0.05) is 25.6 Å². The van der Waals surface area contributed by atoms with Gasteiger partial charge in [-0.3, -0.25) is 4.99 Å². The second-order valence-electron chi connectivity index (χ2n) is 4.05. The largest absolute Gasteiger partial charge is 0.362 e. The predicted octanol–water partition coefficient (Wildman–Crippen LogP) is 2.50. The minimum Gasteiger partial charge on any atom is -0.362 e. The number of thioether (sulfide) groups is 1. The molecule has 1 aliphatic heterocycles. The van der Waals surface area contributed by atoms with Crippen LogP contribution in [0.2, 0.25) is 0 Å². The maximum absolute atomic E-state index is 4.37. The molecule has 0 radical (unpaired) electrons. The van der Waals surface area contributed by atoms with E-state index >= 15 is 0 Å². The van der Waals surface area contributed by atoms with Crippen molar-refractivity contribution in [3.63, 3.8) is 0 Å². The Morgan fingerprint density at radius 1 is 1.38 bits per heavy atom. The van der Waals surface area contributed by atoms with E-state index in [1.165, 1.54) is 12.8 Å². The zero-order valence-corrected chi connectivity index (χ0v) is 9.66. The molecule has 0 spiro atoms. The molecular formula is C10H20N2S. The maximum atomic E-state index is 4.37. The average molecular weight is 200 g/mol. The summed E-state index contributed by atoms with van der Waals surface area (Å²) in [6.07, 6.45) is 2.54. The van der Waals surface area contributed by atoms with Crippen LogP contribution in [-0.2, 0) is 0 Å². The normalized spacial score (nSPS) is 18.9. The summed E-state index contributed by atoms with van der Waals surface area (Å²) in [6.45, 7) is 7.77. The third-order valence-electron chi connectivity index (χ3n) is 2.13. The average Bonchev–Trinajstić information content (AvgIpc) is 2.53. The van der Waals surface area contributed by atoms with Crippen molar-refractivity contribution in [3.05, 3.63) is 0 Å². The van der Waals surface area contributed by atoms with Crippen molar-refractivity contribution in [2.24, 2.45) is 10.9 Å². The van der Waals surface area contributed by atoms with Gasteiger partial charge in [-0.25, -0.2) is 0 Å². The van der Waals surface area contributed by atoms with Crippen molar-refractivity contribution in [1.82, 2.24) is 5.32 Å². The molecule has 0 saturated carbocycles. The van der Waals surface area contributed by atoms with Crippen LogP contribution in [-0.4, -0.2) is 23.5 Å². The van der Waals surface area contributed by atoms with Crippen molar-refractivity contribution < 1.29 is 0 Å². The first kappa shape index (κ1) is 10.9. The van der Waals surface area contributed by atoms with Crippen LogP contribution in [0.3, 0.4) is 0 Å². The third kappa shape index (κ3) is 4.55. The highest BCUT2D eigenvalue weighted by atomic mass is 32.2. The Morgan fingerprint density at radius 2 is 2.15 bits per heavy atom. The fourth-order valence-corrected chi connectivity index (χ4v) is 2.13. The molecule has 1 unspecified atom stereocenters. The van der Waals surface area contributed by atoms with E-state index in [1.54, 1.807) is 0 Å².